The zero-order valence-electron chi connectivity index (χ0n) is 12.3. The monoisotopic (exact) mass is 383 g/mol. The molecule has 0 aliphatic rings. The van der Waals surface area contributed by atoms with Crippen molar-refractivity contribution in [2.24, 2.45) is 5.73 Å². The van der Waals surface area contributed by atoms with Crippen LogP contribution in [0.2, 0.25) is 15.1 Å². The summed E-state index contributed by atoms with van der Waals surface area (Å²) in [5.41, 5.74) is 5.90. The number of nitrogens with two attached hydrogens (primary N) is 1. The molecule has 2 rings (SSSR count). The predicted molar refractivity (Wildman–Crippen MR) is 96.0 cm³/mol. The van der Waals surface area contributed by atoms with Gasteiger partial charge in [-0.05, 0) is 48.6 Å². The molecule has 0 atom stereocenters. The molecule has 124 valence electrons. The van der Waals surface area contributed by atoms with E-state index in [9.17, 15) is 9.59 Å². The number of ketones is 1. The molecule has 2 aromatic carbocycles. The Balaban J connectivity index is 2.12. The summed E-state index contributed by atoms with van der Waals surface area (Å²) in [6.07, 6.45) is 2.86. The van der Waals surface area contributed by atoms with E-state index >= 15 is 0 Å². The molecule has 24 heavy (non-hydrogen) atoms. The first-order valence-electron chi connectivity index (χ1n) is 6.75. The van der Waals surface area contributed by atoms with E-state index < -0.39 is 5.91 Å². The highest BCUT2D eigenvalue weighted by Crippen LogP contribution is 2.32. The highest BCUT2D eigenvalue weighted by Gasteiger charge is 2.08. The summed E-state index contributed by atoms with van der Waals surface area (Å²) < 4.78 is 5.12. The molecule has 0 spiro atoms. The standard InChI is InChI=1S/C17H12Cl3NO3/c18-13-6-7-14(19)17(20)12(13)5-8-15(22)10-1-3-11(4-2-10)24-9-16(21)23/h1-8H,9H2,(H2,21,23)/b8-5+. The fraction of sp³-hybridized carbons (Fsp3) is 0.0588. The van der Waals surface area contributed by atoms with Crippen molar-refractivity contribution in [3.63, 3.8) is 0 Å². The van der Waals surface area contributed by atoms with Gasteiger partial charge in [-0.3, -0.25) is 9.59 Å². The van der Waals surface area contributed by atoms with Crippen molar-refractivity contribution in [3.8, 4) is 5.75 Å². The van der Waals surface area contributed by atoms with Crippen LogP contribution in [0.15, 0.2) is 42.5 Å². The highest BCUT2D eigenvalue weighted by atomic mass is 35.5. The van der Waals surface area contributed by atoms with Crippen molar-refractivity contribution in [2.75, 3.05) is 6.61 Å². The van der Waals surface area contributed by atoms with Gasteiger partial charge in [0.05, 0.1) is 10.0 Å². The number of hydrogen-bond acceptors (Lipinski definition) is 3. The third kappa shape index (κ3) is 4.74. The fourth-order valence-corrected chi connectivity index (χ4v) is 2.48. The predicted octanol–water partition coefficient (Wildman–Crippen LogP) is 4.41. The topological polar surface area (TPSA) is 69.4 Å². The Morgan fingerprint density at radius 3 is 2.25 bits per heavy atom. The van der Waals surface area contributed by atoms with Gasteiger partial charge >= 0.3 is 0 Å². The van der Waals surface area contributed by atoms with Gasteiger partial charge in [0.15, 0.2) is 12.4 Å². The number of primary amides is 1. The quantitative estimate of drug-likeness (QED) is 0.456. The van der Waals surface area contributed by atoms with Crippen molar-refractivity contribution >= 4 is 52.6 Å². The number of carbonyl (C=O) groups excluding carboxylic acids is 2. The SMILES string of the molecule is NC(=O)COc1ccc(C(=O)/C=C/c2c(Cl)ccc(Cl)c2Cl)cc1. The zero-order valence-corrected chi connectivity index (χ0v) is 14.5. The van der Waals surface area contributed by atoms with Crippen LogP contribution in [0.3, 0.4) is 0 Å². The number of benzene rings is 2. The van der Waals surface area contributed by atoms with Crippen molar-refractivity contribution in [2.45, 2.75) is 0 Å². The molecule has 0 heterocycles. The molecule has 2 aromatic rings. The molecule has 0 fully saturated rings. The number of allylic oxidation sites excluding steroid dienone is 1. The second-order valence-electron chi connectivity index (χ2n) is 4.73. The van der Waals surface area contributed by atoms with E-state index in [0.717, 1.165) is 0 Å². The minimum absolute atomic E-state index is 0.223. The molecule has 1 amide bonds. The second-order valence-corrected chi connectivity index (χ2v) is 5.93. The van der Waals surface area contributed by atoms with E-state index in [0.29, 0.717) is 26.9 Å². The molecule has 0 saturated heterocycles. The first kappa shape index (κ1) is 18.3. The Kier molecular flexibility index (Phi) is 6.26. The van der Waals surface area contributed by atoms with Crippen LogP contribution in [0.4, 0.5) is 0 Å². The molecule has 0 saturated carbocycles. The lowest BCUT2D eigenvalue weighted by molar-refractivity contribution is -0.119. The lowest BCUT2D eigenvalue weighted by Gasteiger charge is -2.05. The van der Waals surface area contributed by atoms with Crippen LogP contribution in [0.5, 0.6) is 5.75 Å². The zero-order chi connectivity index (χ0) is 17.7. The van der Waals surface area contributed by atoms with Gasteiger partial charge in [-0.15, -0.1) is 0 Å². The van der Waals surface area contributed by atoms with Crippen LogP contribution in [-0.4, -0.2) is 18.3 Å². The Bertz CT molecular complexity index is 801. The van der Waals surface area contributed by atoms with Gasteiger partial charge in [0.2, 0.25) is 0 Å². The molecule has 0 unspecified atom stereocenters. The summed E-state index contributed by atoms with van der Waals surface area (Å²) in [7, 11) is 0. The second kappa shape index (κ2) is 8.20. The Labute approximate surface area is 153 Å². The summed E-state index contributed by atoms with van der Waals surface area (Å²) >= 11 is 18.1. The molecule has 4 nitrogen and oxygen atoms in total. The first-order chi connectivity index (χ1) is 11.4. The summed E-state index contributed by atoms with van der Waals surface area (Å²) in [5.74, 6) is -0.382. The van der Waals surface area contributed by atoms with Gasteiger partial charge in [0.1, 0.15) is 5.75 Å². The molecule has 0 aliphatic carbocycles. The van der Waals surface area contributed by atoms with Crippen molar-refractivity contribution in [3.05, 3.63) is 68.7 Å². The van der Waals surface area contributed by atoms with Crippen molar-refractivity contribution in [1.29, 1.82) is 0 Å². The van der Waals surface area contributed by atoms with Gasteiger partial charge in [-0.2, -0.15) is 0 Å². The maximum atomic E-state index is 12.2. The third-order valence-corrected chi connectivity index (χ3v) is 4.15. The molecule has 0 aliphatic heterocycles. The summed E-state index contributed by atoms with van der Waals surface area (Å²) in [5, 5.41) is 1.02. The Morgan fingerprint density at radius 2 is 1.62 bits per heavy atom. The number of carbonyl (C=O) groups is 2. The van der Waals surface area contributed by atoms with Crippen LogP contribution < -0.4 is 10.5 Å². The average Bonchev–Trinajstić information content (AvgIpc) is 2.56. The van der Waals surface area contributed by atoms with Crippen LogP contribution in [0.1, 0.15) is 15.9 Å². The largest absolute Gasteiger partial charge is 0.484 e. The van der Waals surface area contributed by atoms with Crippen molar-refractivity contribution in [1.82, 2.24) is 0 Å². The molecule has 0 radical (unpaired) electrons. The van der Waals surface area contributed by atoms with E-state index in [1.807, 2.05) is 0 Å². The van der Waals surface area contributed by atoms with Crippen molar-refractivity contribution < 1.29 is 14.3 Å². The van der Waals surface area contributed by atoms with Gasteiger partial charge in [-0.25, -0.2) is 0 Å². The Hall–Kier alpha value is -2.01. The fourth-order valence-electron chi connectivity index (χ4n) is 1.82. The van der Waals surface area contributed by atoms with Crippen LogP contribution >= 0.6 is 34.8 Å². The van der Waals surface area contributed by atoms with E-state index in [2.05, 4.69) is 0 Å². The molecule has 0 aromatic heterocycles. The smallest absolute Gasteiger partial charge is 0.255 e. The maximum Gasteiger partial charge on any atom is 0.255 e. The van der Waals surface area contributed by atoms with Crippen LogP contribution in [0, 0.1) is 0 Å². The Morgan fingerprint density at radius 1 is 1.00 bits per heavy atom. The first-order valence-corrected chi connectivity index (χ1v) is 7.89. The molecule has 2 N–H and O–H groups in total. The van der Waals surface area contributed by atoms with E-state index in [1.54, 1.807) is 36.4 Å². The minimum Gasteiger partial charge on any atom is -0.484 e. The van der Waals surface area contributed by atoms with E-state index in [-0.39, 0.29) is 17.4 Å². The lowest BCUT2D eigenvalue weighted by atomic mass is 10.1. The normalized spacial score (nSPS) is 10.8. The summed E-state index contributed by atoms with van der Waals surface area (Å²) in [6, 6.07) is 9.47. The summed E-state index contributed by atoms with van der Waals surface area (Å²) in [4.78, 5) is 22.8. The van der Waals surface area contributed by atoms with E-state index in [1.165, 1.54) is 12.2 Å². The minimum atomic E-state index is -0.576. The molecular formula is C17H12Cl3NO3. The van der Waals surface area contributed by atoms with Gasteiger partial charge in [-0.1, -0.05) is 34.8 Å². The molecule has 0 bridgehead atoms. The highest BCUT2D eigenvalue weighted by molar-refractivity contribution is 6.44. The van der Waals surface area contributed by atoms with Gasteiger partial charge in [0.25, 0.3) is 5.91 Å². The molecule has 7 heteroatoms. The number of ether oxygens (including phenoxy) is 1. The summed E-state index contributed by atoms with van der Waals surface area (Å²) in [6.45, 7) is -0.223. The lowest BCUT2D eigenvalue weighted by Crippen LogP contribution is -2.19. The number of hydrogen-bond donors (Lipinski definition) is 1. The van der Waals surface area contributed by atoms with Gasteiger partial charge in [0, 0.05) is 16.1 Å². The maximum absolute atomic E-state index is 12.2. The van der Waals surface area contributed by atoms with Crippen LogP contribution in [-0.2, 0) is 4.79 Å². The number of amides is 1. The molecular weight excluding hydrogens is 373 g/mol. The van der Waals surface area contributed by atoms with Crippen LogP contribution in [0.25, 0.3) is 6.08 Å². The average molecular weight is 385 g/mol. The van der Waals surface area contributed by atoms with Gasteiger partial charge < -0.3 is 10.5 Å². The number of rotatable bonds is 6. The number of halogens is 3. The van der Waals surface area contributed by atoms with E-state index in [4.69, 9.17) is 45.3 Å². The third-order valence-electron chi connectivity index (χ3n) is 3.00.